The third-order valence-electron chi connectivity index (χ3n) is 3.93. The molecule has 134 valence electrons. The van der Waals surface area contributed by atoms with Gasteiger partial charge in [0.2, 0.25) is 0 Å². The van der Waals surface area contributed by atoms with Crippen molar-refractivity contribution in [3.05, 3.63) is 70.8 Å². The van der Waals surface area contributed by atoms with Crippen molar-refractivity contribution in [2.45, 2.75) is 20.1 Å². The molecule has 0 saturated heterocycles. The van der Waals surface area contributed by atoms with Gasteiger partial charge in [0.25, 0.3) is 0 Å². The summed E-state index contributed by atoms with van der Waals surface area (Å²) in [5.41, 5.74) is 1.51. The van der Waals surface area contributed by atoms with E-state index in [0.717, 1.165) is 5.56 Å². The van der Waals surface area contributed by atoms with Crippen molar-refractivity contribution in [2.24, 2.45) is 7.05 Å². The van der Waals surface area contributed by atoms with E-state index in [2.05, 4.69) is 10.1 Å². The second-order valence-electron chi connectivity index (χ2n) is 5.91. The number of rotatable bonds is 6. The predicted molar refractivity (Wildman–Crippen MR) is 93.0 cm³/mol. The highest BCUT2D eigenvalue weighted by Crippen LogP contribution is 2.25. The van der Waals surface area contributed by atoms with E-state index < -0.39 is 11.8 Å². The molecular weight excluding hydrogens is 337 g/mol. The van der Waals surface area contributed by atoms with Crippen LogP contribution in [0.2, 0.25) is 0 Å². The first-order chi connectivity index (χ1) is 12.5. The van der Waals surface area contributed by atoms with Gasteiger partial charge in [-0.3, -0.25) is 0 Å². The normalized spacial score (nSPS) is 10.9. The number of hydrogen-bond acceptors (Lipinski definition) is 4. The summed E-state index contributed by atoms with van der Waals surface area (Å²) in [7, 11) is 1.63. The van der Waals surface area contributed by atoms with E-state index in [9.17, 15) is 14.3 Å². The van der Waals surface area contributed by atoms with Crippen LogP contribution in [0.4, 0.5) is 4.39 Å². The van der Waals surface area contributed by atoms with E-state index in [0.29, 0.717) is 18.0 Å². The maximum Gasteiger partial charge on any atom is 0.335 e. The summed E-state index contributed by atoms with van der Waals surface area (Å²) in [5, 5.41) is 13.5. The number of aromatic carboxylic acids is 1. The van der Waals surface area contributed by atoms with Gasteiger partial charge in [0.1, 0.15) is 12.4 Å². The Morgan fingerprint density at radius 2 is 1.96 bits per heavy atom. The fourth-order valence-corrected chi connectivity index (χ4v) is 2.64. The van der Waals surface area contributed by atoms with Gasteiger partial charge in [-0.2, -0.15) is 5.10 Å². The van der Waals surface area contributed by atoms with Gasteiger partial charge in [0.15, 0.2) is 11.6 Å². The predicted octanol–water partition coefficient (Wildman–Crippen LogP) is 3.34. The maximum absolute atomic E-state index is 14.3. The van der Waals surface area contributed by atoms with Crippen LogP contribution in [0.15, 0.2) is 42.5 Å². The van der Waals surface area contributed by atoms with E-state index in [-0.39, 0.29) is 23.6 Å². The van der Waals surface area contributed by atoms with Crippen LogP contribution in [0.5, 0.6) is 0 Å². The topological polar surface area (TPSA) is 77.2 Å². The van der Waals surface area contributed by atoms with Gasteiger partial charge in [0.05, 0.1) is 17.7 Å². The molecule has 3 aromatic rings. The van der Waals surface area contributed by atoms with Gasteiger partial charge >= 0.3 is 5.97 Å². The van der Waals surface area contributed by atoms with Crippen LogP contribution in [0.1, 0.15) is 27.3 Å². The lowest BCUT2D eigenvalue weighted by Crippen LogP contribution is -2.04. The first kappa shape index (κ1) is 17.8. The Bertz CT molecular complexity index is 939. The Morgan fingerprint density at radius 3 is 2.65 bits per heavy atom. The van der Waals surface area contributed by atoms with E-state index >= 15 is 0 Å². The quantitative estimate of drug-likeness (QED) is 0.734. The second kappa shape index (κ2) is 7.45. The molecule has 7 heteroatoms. The molecule has 0 radical (unpaired) electrons. The molecule has 0 aliphatic heterocycles. The third kappa shape index (κ3) is 3.78. The van der Waals surface area contributed by atoms with Crippen molar-refractivity contribution in [1.82, 2.24) is 14.8 Å². The number of halogens is 1. The van der Waals surface area contributed by atoms with Gasteiger partial charge in [0, 0.05) is 7.05 Å². The molecule has 0 bridgehead atoms. The summed E-state index contributed by atoms with van der Waals surface area (Å²) in [4.78, 5) is 15.6. The van der Waals surface area contributed by atoms with Crippen molar-refractivity contribution in [3.63, 3.8) is 0 Å². The summed E-state index contributed by atoms with van der Waals surface area (Å²) in [6.45, 7) is 2.13. The van der Waals surface area contributed by atoms with E-state index in [1.54, 1.807) is 14.0 Å². The average molecular weight is 355 g/mol. The molecule has 1 N–H and O–H groups in total. The molecule has 6 nitrogen and oxygen atoms in total. The lowest BCUT2D eigenvalue weighted by molar-refractivity contribution is 0.0696. The third-order valence-corrected chi connectivity index (χ3v) is 3.93. The number of carboxylic acids is 1. The van der Waals surface area contributed by atoms with Crippen LogP contribution >= 0.6 is 0 Å². The van der Waals surface area contributed by atoms with Crippen LogP contribution in [-0.2, 0) is 25.0 Å². The van der Waals surface area contributed by atoms with E-state index in [4.69, 9.17) is 4.74 Å². The minimum absolute atomic E-state index is 0.0336. The molecule has 26 heavy (non-hydrogen) atoms. The first-order valence-electron chi connectivity index (χ1n) is 8.01. The smallest absolute Gasteiger partial charge is 0.335 e. The van der Waals surface area contributed by atoms with Crippen molar-refractivity contribution in [2.75, 3.05) is 0 Å². The van der Waals surface area contributed by atoms with Crippen molar-refractivity contribution in [1.29, 1.82) is 0 Å². The van der Waals surface area contributed by atoms with Gasteiger partial charge in [-0.1, -0.05) is 30.3 Å². The lowest BCUT2D eigenvalue weighted by atomic mass is 10.0. The Kier molecular flexibility index (Phi) is 5.09. The van der Waals surface area contributed by atoms with E-state index in [1.807, 2.05) is 30.3 Å². The highest BCUT2D eigenvalue weighted by molar-refractivity contribution is 5.90. The highest BCUT2D eigenvalue weighted by Gasteiger charge is 2.18. The molecule has 2 aromatic carbocycles. The number of ether oxygens (including phenoxy) is 1. The molecule has 0 amide bonds. The molecule has 3 rings (SSSR count). The van der Waals surface area contributed by atoms with Crippen molar-refractivity contribution >= 4 is 5.97 Å². The Morgan fingerprint density at radius 1 is 1.23 bits per heavy atom. The van der Waals surface area contributed by atoms with Crippen LogP contribution < -0.4 is 0 Å². The highest BCUT2D eigenvalue weighted by atomic mass is 19.1. The zero-order valence-corrected chi connectivity index (χ0v) is 14.4. The zero-order valence-electron chi connectivity index (χ0n) is 14.4. The Labute approximate surface area is 149 Å². The summed E-state index contributed by atoms with van der Waals surface area (Å²) in [6.07, 6.45) is 0. The number of aromatic nitrogens is 3. The first-order valence-corrected chi connectivity index (χ1v) is 8.01. The van der Waals surface area contributed by atoms with Crippen LogP contribution in [0, 0.1) is 12.7 Å². The van der Waals surface area contributed by atoms with Gasteiger partial charge < -0.3 is 9.84 Å². The molecule has 0 aliphatic rings. The van der Waals surface area contributed by atoms with Gasteiger partial charge in [-0.25, -0.2) is 18.9 Å². The zero-order chi connectivity index (χ0) is 18.7. The van der Waals surface area contributed by atoms with Crippen LogP contribution in [-0.4, -0.2) is 25.8 Å². The fourth-order valence-electron chi connectivity index (χ4n) is 2.64. The number of benzene rings is 2. The number of carboxylic acid groups (broad SMARTS) is 1. The molecule has 0 spiro atoms. The van der Waals surface area contributed by atoms with Gasteiger partial charge in [-0.15, -0.1) is 0 Å². The average Bonchev–Trinajstić information content (AvgIpc) is 2.96. The molecule has 0 unspecified atom stereocenters. The minimum Gasteiger partial charge on any atom is -0.478 e. The minimum atomic E-state index is -1.11. The largest absolute Gasteiger partial charge is 0.478 e. The van der Waals surface area contributed by atoms with E-state index in [1.165, 1.54) is 16.8 Å². The molecule has 1 aromatic heterocycles. The van der Waals surface area contributed by atoms with Crippen molar-refractivity contribution in [3.8, 4) is 11.4 Å². The molecule has 0 aliphatic carbocycles. The molecule has 0 saturated carbocycles. The SMILES string of the molecule is Cc1cc(F)c(-c2nc(COCc3ccccc3)nn2C)cc1C(=O)O. The Balaban J connectivity index is 1.80. The standard InChI is InChI=1S/C19H18FN3O3/c1-12-8-16(20)15(9-14(12)19(24)25)18-21-17(22-23(18)2)11-26-10-13-6-4-3-5-7-13/h3-9H,10-11H2,1-2H3,(H,24,25). The molecule has 1 heterocycles. The number of nitrogens with zero attached hydrogens (tertiary/aromatic N) is 3. The molecular formula is C19H18FN3O3. The van der Waals surface area contributed by atoms with Gasteiger partial charge in [-0.05, 0) is 30.2 Å². The fraction of sp³-hybridized carbons (Fsp3) is 0.211. The summed E-state index contributed by atoms with van der Waals surface area (Å²) in [6, 6.07) is 12.2. The Hall–Kier alpha value is -3.06. The molecule has 0 fully saturated rings. The van der Waals surface area contributed by atoms with Crippen molar-refractivity contribution < 1.29 is 19.0 Å². The summed E-state index contributed by atoms with van der Waals surface area (Å²) in [5.74, 6) is -1.00. The van der Waals surface area contributed by atoms with Crippen LogP contribution in [0.3, 0.4) is 0 Å². The maximum atomic E-state index is 14.3. The molecule has 0 atom stereocenters. The second-order valence-corrected chi connectivity index (χ2v) is 5.91. The lowest BCUT2D eigenvalue weighted by Gasteiger charge is -2.06. The number of carbonyl (C=O) groups is 1. The van der Waals surface area contributed by atoms with Crippen LogP contribution in [0.25, 0.3) is 11.4 Å². The summed E-state index contributed by atoms with van der Waals surface area (Å²) >= 11 is 0. The summed E-state index contributed by atoms with van der Waals surface area (Å²) < 4.78 is 21.3. The number of aryl methyl sites for hydroxylation is 2. The number of hydrogen-bond donors (Lipinski definition) is 1. The monoisotopic (exact) mass is 355 g/mol.